The van der Waals surface area contributed by atoms with Crippen LogP contribution in [0.2, 0.25) is 25.1 Å². The van der Waals surface area contributed by atoms with Gasteiger partial charge in [0.15, 0.2) is 28.9 Å². The van der Waals surface area contributed by atoms with E-state index in [9.17, 15) is 62.7 Å². The van der Waals surface area contributed by atoms with Gasteiger partial charge in [-0.15, -0.1) is 0 Å². The first-order valence-corrected chi connectivity index (χ1v) is 49.8. The Morgan fingerprint density at radius 3 is 1.08 bits per heavy atom. The van der Waals surface area contributed by atoms with Gasteiger partial charge < -0.3 is 61.7 Å². The van der Waals surface area contributed by atoms with Crippen molar-refractivity contribution in [2.45, 2.75) is 292 Å². The molecule has 9 atom stereocenters. The molecule has 10 aromatic heterocycles. The Balaban J connectivity index is 0.000000147. The SMILES string of the molecule is CC1CCCC(O)(CCC(=O)c2cc(-c3ccccc3)n3cccc(Cl)c23)C1.CC1CCCC(O)(CCC(=O)c2cc(C3CCOCC3)n3cccc(Cl)c23)C1.O=C(CCC1(O)CCCC(F)(F)C1)c1cc(CCF)n2cccc(Cl)c12.[2H]C([2H])([2H])OCCc1cc(C(=O)CC[C@@]2(O)CCCC(C)C2)c2c(Cl)cccn12.[2H]C([2H])([2H])OCCc1cc(C(=O)CC[C@]2(O)CCCC(C)C2)c2c(Cl)cccn12. The van der Waals surface area contributed by atoms with Gasteiger partial charge in [0.1, 0.15) is 0 Å². The van der Waals surface area contributed by atoms with Gasteiger partial charge in [0.25, 0.3) is 5.92 Å². The maximum absolute atomic E-state index is 13.6. The number of carbonyl (C=O) groups excluding carboxylic acids is 5. The number of hydrogen-bond acceptors (Lipinski definition) is 13. The van der Waals surface area contributed by atoms with Crippen LogP contribution in [0.3, 0.4) is 0 Å². The molecule has 0 radical (unpaired) electrons. The lowest BCUT2D eigenvalue weighted by Gasteiger charge is -2.36. The highest BCUT2D eigenvalue weighted by atomic mass is 35.5. The van der Waals surface area contributed by atoms with Crippen molar-refractivity contribution in [1.29, 1.82) is 0 Å². The molecule has 5 saturated carbocycles. The highest BCUT2D eigenvalue weighted by Gasteiger charge is 2.45. The molecule has 18 nitrogen and oxygen atoms in total. The molecule has 5 N–H and O–H groups in total. The molecular formula is C108H133Cl5F3N5O13. The monoisotopic (exact) mass is 1950 g/mol. The third-order valence-corrected chi connectivity index (χ3v) is 30.1. The quantitative estimate of drug-likeness (QED) is 0.0264. The van der Waals surface area contributed by atoms with Crippen LogP contribution in [0.25, 0.3) is 38.8 Å². The number of halogens is 8. The Morgan fingerprint density at radius 1 is 0.403 bits per heavy atom. The van der Waals surface area contributed by atoms with Crippen molar-refractivity contribution in [2.24, 2.45) is 23.7 Å². The number of carbonyl (C=O) groups is 5. The van der Waals surface area contributed by atoms with Gasteiger partial charge >= 0.3 is 0 Å². The average molecular weight is 1950 g/mol. The fourth-order valence-corrected chi connectivity index (χ4v) is 23.2. The number of rotatable bonds is 30. The summed E-state index contributed by atoms with van der Waals surface area (Å²) < 4.78 is 108. The van der Waals surface area contributed by atoms with Crippen molar-refractivity contribution in [3.05, 3.63) is 228 Å². The van der Waals surface area contributed by atoms with Gasteiger partial charge in [-0.2, -0.15) is 0 Å². The van der Waals surface area contributed by atoms with Crippen molar-refractivity contribution in [3.8, 4) is 11.3 Å². The minimum Gasteiger partial charge on any atom is -0.390 e. The maximum atomic E-state index is 13.6. The molecule has 134 heavy (non-hydrogen) atoms. The molecule has 724 valence electrons. The number of hydrogen-bond donors (Lipinski definition) is 5. The summed E-state index contributed by atoms with van der Waals surface area (Å²) in [5.74, 6) is -0.826. The van der Waals surface area contributed by atoms with E-state index < -0.39 is 61.1 Å². The van der Waals surface area contributed by atoms with Crippen molar-refractivity contribution in [2.75, 3.05) is 47.2 Å². The predicted octanol–water partition coefficient (Wildman–Crippen LogP) is 25.9. The van der Waals surface area contributed by atoms with E-state index in [0.717, 1.165) is 162 Å². The maximum Gasteiger partial charge on any atom is 0.250 e. The van der Waals surface area contributed by atoms with Gasteiger partial charge in [0, 0.05) is 179 Å². The van der Waals surface area contributed by atoms with Crippen LogP contribution in [-0.4, -0.2) is 158 Å². The minimum absolute atomic E-state index is 0.0143. The summed E-state index contributed by atoms with van der Waals surface area (Å²) in [5.41, 5.74) is 6.76. The predicted molar refractivity (Wildman–Crippen MR) is 528 cm³/mol. The summed E-state index contributed by atoms with van der Waals surface area (Å²) in [5, 5.41) is 56.4. The van der Waals surface area contributed by atoms with E-state index in [1.165, 1.54) is 6.42 Å². The van der Waals surface area contributed by atoms with Gasteiger partial charge in [-0.25, -0.2) is 8.78 Å². The van der Waals surface area contributed by atoms with E-state index in [1.807, 2.05) is 92.3 Å². The number of methoxy groups -OCH3 is 2. The molecule has 1 saturated heterocycles. The number of aryl methyl sites for hydroxylation is 1. The number of Topliss-reactive ketones (excluding diaryl/α,β-unsaturated/α-hetero) is 5. The van der Waals surface area contributed by atoms with Crippen molar-refractivity contribution in [1.82, 2.24) is 22.0 Å². The molecule has 26 heteroatoms. The molecule has 7 unspecified atom stereocenters. The second kappa shape index (κ2) is 46.4. The third-order valence-electron chi connectivity index (χ3n) is 28.6. The molecule has 11 aromatic rings. The Labute approximate surface area is 818 Å². The van der Waals surface area contributed by atoms with Crippen LogP contribution in [0.4, 0.5) is 13.2 Å². The Bertz CT molecular complexity index is 5990. The van der Waals surface area contributed by atoms with Crippen molar-refractivity contribution >= 4 is 115 Å². The second-order valence-corrected chi connectivity index (χ2v) is 41.3. The lowest BCUT2D eigenvalue weighted by Crippen LogP contribution is -2.41. The first kappa shape index (κ1) is 95.2. The number of nitrogens with zero attached hydrogens (tertiary/aromatic N) is 5. The van der Waals surface area contributed by atoms with Crippen LogP contribution >= 0.6 is 58.0 Å². The van der Waals surface area contributed by atoms with Crippen LogP contribution in [0.1, 0.15) is 322 Å². The zero-order valence-corrected chi connectivity index (χ0v) is 81.1. The summed E-state index contributed by atoms with van der Waals surface area (Å²) in [4.78, 5) is 65.1. The summed E-state index contributed by atoms with van der Waals surface area (Å²) in [6.45, 7) is 9.62. The zero-order valence-electron chi connectivity index (χ0n) is 83.4. The van der Waals surface area contributed by atoms with E-state index >= 15 is 0 Å². The molecule has 1 aliphatic heterocycles. The van der Waals surface area contributed by atoms with E-state index in [0.29, 0.717) is 156 Å². The highest BCUT2D eigenvalue weighted by Crippen LogP contribution is 2.46. The van der Waals surface area contributed by atoms with Gasteiger partial charge in [0.05, 0.1) is 115 Å². The molecule has 0 bridgehead atoms. The van der Waals surface area contributed by atoms with Crippen molar-refractivity contribution in [3.63, 3.8) is 0 Å². The number of ether oxygens (including phenoxy) is 3. The van der Waals surface area contributed by atoms with E-state index in [2.05, 4.69) is 32.1 Å². The normalized spacial score (nSPS) is 24.6. The van der Waals surface area contributed by atoms with E-state index in [4.69, 9.17) is 80.4 Å². The Hall–Kier alpha value is -7.71. The molecule has 0 spiro atoms. The van der Waals surface area contributed by atoms with Gasteiger partial charge in [-0.3, -0.25) is 28.4 Å². The second-order valence-electron chi connectivity index (χ2n) is 39.3. The molecular weight excluding hydrogens is 1810 g/mol. The Morgan fingerprint density at radius 2 is 0.724 bits per heavy atom. The van der Waals surface area contributed by atoms with Gasteiger partial charge in [0.2, 0.25) is 0 Å². The number of pyridine rings is 5. The number of alkyl halides is 3. The fraction of sp³-hybridized carbons (Fsp3) is 0.528. The van der Waals surface area contributed by atoms with Crippen LogP contribution < -0.4 is 0 Å². The molecule has 6 fully saturated rings. The minimum atomic E-state index is -2.89. The topological polar surface area (TPSA) is 236 Å². The average Bonchev–Trinajstić information content (AvgIpc) is 1.65. The number of fused-ring (bicyclic) bond motifs is 5. The smallest absolute Gasteiger partial charge is 0.250 e. The van der Waals surface area contributed by atoms with Crippen molar-refractivity contribution < 1.29 is 85.1 Å². The molecule has 17 rings (SSSR count). The lowest BCUT2D eigenvalue weighted by molar-refractivity contribution is -0.126. The lowest BCUT2D eigenvalue weighted by atomic mass is 9.76. The first-order valence-electron chi connectivity index (χ1n) is 50.9. The van der Waals surface area contributed by atoms with Crippen LogP contribution in [-0.2, 0) is 33.5 Å². The Kier molecular flexibility index (Phi) is 33.0. The first-order chi connectivity index (χ1) is 66.3. The number of aromatic nitrogens is 5. The molecule has 5 aliphatic carbocycles. The standard InChI is InChI=1S/C24H26ClNO2.C23H30ClNO3.2C21H28ClNO3.C19H21ClF3NO2/c1-17-7-5-12-24(28,16-17)13-11-22(27)19-15-21(18-8-3-2-4-9-18)26-14-6-10-20(25)23(19)26;1-16-4-2-9-23(27,15-16)10-6-21(26)18-14-20(17-7-12-28-13-8-17)25-11-3-5-19(24)22(18)25;2*1-15-5-3-9-21(25,14-15)10-7-19(24)17-13-16(8-12-26-2)23-11-4-6-18(22)20(17)23;20-15-3-1-10-24-13(5-9-21)11-14(17(15)24)16(25)4-8-18(26)6-2-7-19(22,23)12-18/h2-4,6,8-10,14-15,17,28H,5,7,11-13,16H2,1H3;3,5,11,14,16-17,27H,2,4,6-10,12-13,15H2,1H3;2*4,6,11,13,15,25H,3,5,7-10,12,14H2,1-2H3;1,3,10-11,26H,2,4-9,12H2/t;;2*15?,21-;/m..10./s1/i;;2*2D3;. The number of aliphatic hydroxyl groups is 5. The van der Waals surface area contributed by atoms with E-state index in [-0.39, 0.29) is 93.5 Å². The third kappa shape index (κ3) is 26.1. The molecule has 1 aromatic carbocycles. The summed E-state index contributed by atoms with van der Waals surface area (Å²) in [7, 11) is -4.90. The van der Waals surface area contributed by atoms with E-state index in [1.54, 1.807) is 77.6 Å². The number of benzene rings is 1. The van der Waals surface area contributed by atoms with Gasteiger partial charge in [-0.05, 0) is 229 Å². The summed E-state index contributed by atoms with van der Waals surface area (Å²) in [6.07, 6.45) is 29.4. The summed E-state index contributed by atoms with van der Waals surface area (Å²) in [6, 6.07) is 37.0. The molecule has 0 amide bonds. The fourth-order valence-electron chi connectivity index (χ4n) is 21.9. The van der Waals surface area contributed by atoms with Crippen LogP contribution in [0.5, 0.6) is 0 Å². The molecule has 11 heterocycles. The van der Waals surface area contributed by atoms with Gasteiger partial charge in [-0.1, -0.05) is 167 Å². The zero-order chi connectivity index (χ0) is 101. The van der Waals surface area contributed by atoms with Crippen LogP contribution in [0.15, 0.2) is 152 Å². The van der Waals surface area contributed by atoms with Crippen LogP contribution in [0, 0.1) is 23.7 Å². The number of ketones is 5. The molecule has 6 aliphatic rings. The largest absolute Gasteiger partial charge is 0.390 e. The highest BCUT2D eigenvalue weighted by molar-refractivity contribution is 6.37. The summed E-state index contributed by atoms with van der Waals surface area (Å²) >= 11 is 32.0.